The summed E-state index contributed by atoms with van der Waals surface area (Å²) in [5.74, 6) is -0.323. The second-order valence-electron chi connectivity index (χ2n) is 4.37. The van der Waals surface area contributed by atoms with Crippen molar-refractivity contribution in [2.75, 3.05) is 13.2 Å². The molecule has 20 heavy (non-hydrogen) atoms. The Hall–Kier alpha value is -2.04. The van der Waals surface area contributed by atoms with Crippen molar-refractivity contribution in [2.24, 2.45) is 0 Å². The number of alkyl carbamates (subject to hydrolysis) is 1. The molecule has 0 bridgehead atoms. The first-order valence-corrected chi connectivity index (χ1v) is 6.80. The molecule has 5 nitrogen and oxygen atoms in total. The lowest BCUT2D eigenvalue weighted by atomic mass is 10.2. The average molecular weight is 279 g/mol. The highest BCUT2D eigenvalue weighted by Crippen LogP contribution is 2.07. The second kappa shape index (κ2) is 8.96. The number of carbonyl (C=O) groups excluding carboxylic acids is 2. The average Bonchev–Trinajstić information content (AvgIpc) is 2.45. The minimum absolute atomic E-state index is 0.188. The number of rotatable bonds is 7. The smallest absolute Gasteiger partial charge is 0.407 e. The summed E-state index contributed by atoms with van der Waals surface area (Å²) in [4.78, 5) is 22.8. The Labute approximate surface area is 119 Å². The van der Waals surface area contributed by atoms with Crippen LogP contribution in [0.3, 0.4) is 0 Å². The highest BCUT2D eigenvalue weighted by molar-refractivity contribution is 5.89. The molecular weight excluding hydrogens is 258 g/mol. The van der Waals surface area contributed by atoms with E-state index in [1.807, 2.05) is 13.0 Å². The molecule has 0 aliphatic carbocycles. The number of nitrogens with one attached hydrogen (secondary N) is 1. The molecule has 5 heteroatoms. The number of hydrogen-bond acceptors (Lipinski definition) is 4. The van der Waals surface area contributed by atoms with Crippen molar-refractivity contribution in [1.29, 1.82) is 0 Å². The molecule has 1 unspecified atom stereocenters. The fourth-order valence-electron chi connectivity index (χ4n) is 1.65. The zero-order valence-corrected chi connectivity index (χ0v) is 11.9. The molecule has 0 spiro atoms. The van der Waals surface area contributed by atoms with Gasteiger partial charge >= 0.3 is 12.1 Å². The van der Waals surface area contributed by atoms with E-state index in [0.29, 0.717) is 25.1 Å². The van der Waals surface area contributed by atoms with Crippen molar-refractivity contribution in [1.82, 2.24) is 5.32 Å². The van der Waals surface area contributed by atoms with Gasteiger partial charge in [0.2, 0.25) is 0 Å². The maximum Gasteiger partial charge on any atom is 0.407 e. The first-order chi connectivity index (χ1) is 9.63. The van der Waals surface area contributed by atoms with E-state index in [4.69, 9.17) is 9.47 Å². The van der Waals surface area contributed by atoms with Gasteiger partial charge in [-0.25, -0.2) is 9.59 Å². The Kier molecular flexibility index (Phi) is 7.17. The largest absolute Gasteiger partial charge is 0.459 e. The number of amides is 1. The molecule has 0 fully saturated rings. The summed E-state index contributed by atoms with van der Waals surface area (Å²) < 4.78 is 10.0. The van der Waals surface area contributed by atoms with Crippen LogP contribution in [-0.2, 0) is 9.47 Å². The van der Waals surface area contributed by atoms with Crippen LogP contribution < -0.4 is 5.32 Å². The van der Waals surface area contributed by atoms with Crippen molar-refractivity contribution in [3.63, 3.8) is 0 Å². The van der Waals surface area contributed by atoms with Crippen LogP contribution in [0.5, 0.6) is 0 Å². The van der Waals surface area contributed by atoms with E-state index >= 15 is 0 Å². The van der Waals surface area contributed by atoms with Crippen molar-refractivity contribution in [3.8, 4) is 0 Å². The maximum absolute atomic E-state index is 11.8. The molecule has 1 atom stereocenters. The molecule has 1 N–H and O–H groups in total. The molecule has 0 heterocycles. The van der Waals surface area contributed by atoms with Gasteiger partial charge in [-0.15, -0.1) is 0 Å². The lowest BCUT2D eigenvalue weighted by molar-refractivity contribution is 0.0320. The Morgan fingerprint density at radius 1 is 1.25 bits per heavy atom. The van der Waals surface area contributed by atoms with Crippen molar-refractivity contribution >= 4 is 12.1 Å². The van der Waals surface area contributed by atoms with E-state index in [1.165, 1.54) is 0 Å². The summed E-state index contributed by atoms with van der Waals surface area (Å²) in [7, 11) is 0. The minimum Gasteiger partial charge on any atom is -0.459 e. The van der Waals surface area contributed by atoms with Crippen LogP contribution in [0.1, 0.15) is 37.0 Å². The molecule has 0 saturated carbocycles. The highest BCUT2D eigenvalue weighted by atomic mass is 16.5. The normalized spacial score (nSPS) is 11.5. The molecular formula is C15H21NO4. The zero-order chi connectivity index (χ0) is 14.8. The van der Waals surface area contributed by atoms with Gasteiger partial charge in [0.1, 0.15) is 0 Å². The third kappa shape index (κ3) is 6.22. The Bertz CT molecular complexity index is 419. The predicted octanol–water partition coefficient (Wildman–Crippen LogP) is 2.76. The van der Waals surface area contributed by atoms with E-state index in [0.717, 1.165) is 6.42 Å². The van der Waals surface area contributed by atoms with E-state index in [-0.39, 0.29) is 12.1 Å². The van der Waals surface area contributed by atoms with Gasteiger partial charge in [0.05, 0.1) is 18.3 Å². The van der Waals surface area contributed by atoms with Crippen LogP contribution in [0.4, 0.5) is 4.79 Å². The second-order valence-corrected chi connectivity index (χ2v) is 4.37. The fraction of sp³-hybridized carbons (Fsp3) is 0.467. The first kappa shape index (κ1) is 16.0. The minimum atomic E-state index is -0.415. The molecule has 0 aliphatic heterocycles. The SMILES string of the molecule is CCOC(=O)NCCCC(C)OC(=O)c1ccccc1. The van der Waals surface area contributed by atoms with E-state index < -0.39 is 6.09 Å². The van der Waals surface area contributed by atoms with Gasteiger partial charge in [-0.2, -0.15) is 0 Å². The number of hydrogen-bond donors (Lipinski definition) is 1. The highest BCUT2D eigenvalue weighted by Gasteiger charge is 2.11. The number of ether oxygens (including phenoxy) is 2. The van der Waals surface area contributed by atoms with Gasteiger partial charge in [0.15, 0.2) is 0 Å². The van der Waals surface area contributed by atoms with E-state index in [2.05, 4.69) is 5.32 Å². The maximum atomic E-state index is 11.8. The summed E-state index contributed by atoms with van der Waals surface area (Å²) in [5, 5.41) is 2.62. The molecule has 1 rings (SSSR count). The third-order valence-electron chi connectivity index (χ3n) is 2.65. The fourth-order valence-corrected chi connectivity index (χ4v) is 1.65. The summed E-state index contributed by atoms with van der Waals surface area (Å²) in [6, 6.07) is 8.88. The van der Waals surface area contributed by atoms with Crippen LogP contribution in [0.15, 0.2) is 30.3 Å². The zero-order valence-electron chi connectivity index (χ0n) is 11.9. The molecule has 0 radical (unpaired) electrons. The number of esters is 1. The summed E-state index contributed by atoms with van der Waals surface area (Å²) in [6.45, 7) is 4.46. The topological polar surface area (TPSA) is 64.6 Å². The quantitative estimate of drug-likeness (QED) is 0.615. The van der Waals surface area contributed by atoms with Crippen LogP contribution in [0.25, 0.3) is 0 Å². The molecule has 1 aromatic carbocycles. The molecule has 0 aliphatic rings. The monoisotopic (exact) mass is 279 g/mol. The van der Waals surface area contributed by atoms with Gasteiger partial charge < -0.3 is 14.8 Å². The molecule has 1 aromatic rings. The van der Waals surface area contributed by atoms with Crippen molar-refractivity contribution < 1.29 is 19.1 Å². The molecule has 0 saturated heterocycles. The molecule has 110 valence electrons. The van der Waals surface area contributed by atoms with Crippen molar-refractivity contribution in [3.05, 3.63) is 35.9 Å². The lowest BCUT2D eigenvalue weighted by Gasteiger charge is -2.13. The molecule has 1 amide bonds. The Morgan fingerprint density at radius 2 is 1.95 bits per heavy atom. The van der Waals surface area contributed by atoms with Crippen LogP contribution in [0, 0.1) is 0 Å². The Balaban J connectivity index is 2.19. The summed E-state index contributed by atoms with van der Waals surface area (Å²) >= 11 is 0. The Morgan fingerprint density at radius 3 is 2.60 bits per heavy atom. The van der Waals surface area contributed by atoms with Gasteiger partial charge in [0.25, 0.3) is 0 Å². The van der Waals surface area contributed by atoms with E-state index in [9.17, 15) is 9.59 Å². The number of carbonyl (C=O) groups is 2. The van der Waals surface area contributed by atoms with Crippen LogP contribution in [0.2, 0.25) is 0 Å². The summed E-state index contributed by atoms with van der Waals surface area (Å²) in [5.41, 5.74) is 0.545. The van der Waals surface area contributed by atoms with Gasteiger partial charge in [0, 0.05) is 6.54 Å². The molecule has 0 aromatic heterocycles. The van der Waals surface area contributed by atoms with Crippen LogP contribution in [-0.4, -0.2) is 31.3 Å². The first-order valence-electron chi connectivity index (χ1n) is 6.80. The summed E-state index contributed by atoms with van der Waals surface area (Å²) in [6.07, 6.45) is 0.806. The van der Waals surface area contributed by atoms with Crippen molar-refractivity contribution in [2.45, 2.75) is 32.8 Å². The van der Waals surface area contributed by atoms with Crippen LogP contribution >= 0.6 is 0 Å². The number of benzene rings is 1. The predicted molar refractivity (Wildman–Crippen MR) is 75.6 cm³/mol. The van der Waals surface area contributed by atoms with Gasteiger partial charge in [-0.3, -0.25) is 0 Å². The lowest BCUT2D eigenvalue weighted by Crippen LogP contribution is -2.26. The standard InChI is InChI=1S/C15H21NO4/c1-3-19-15(18)16-11-7-8-12(2)20-14(17)13-9-5-4-6-10-13/h4-6,9-10,12H,3,7-8,11H2,1-2H3,(H,16,18). The van der Waals surface area contributed by atoms with Gasteiger partial charge in [-0.05, 0) is 38.8 Å². The van der Waals surface area contributed by atoms with E-state index in [1.54, 1.807) is 31.2 Å². The van der Waals surface area contributed by atoms with Gasteiger partial charge in [-0.1, -0.05) is 18.2 Å². The third-order valence-corrected chi connectivity index (χ3v) is 2.65.